The fraction of sp³-hybridized carbons (Fsp3) is 0.500. The highest BCUT2D eigenvalue weighted by Gasteiger charge is 2.54. The molecule has 2 aliphatic heterocycles. The Morgan fingerprint density at radius 1 is 1.17 bits per heavy atom. The Kier molecular flexibility index (Phi) is 4.84. The second kappa shape index (κ2) is 7.21. The number of piperidine rings is 1. The van der Waals surface area contributed by atoms with Gasteiger partial charge >= 0.3 is 6.03 Å². The highest BCUT2D eigenvalue weighted by atomic mass is 16.2. The summed E-state index contributed by atoms with van der Waals surface area (Å²) in [5.41, 5.74) is 1.80. The van der Waals surface area contributed by atoms with Gasteiger partial charge in [0, 0.05) is 30.5 Å². The van der Waals surface area contributed by atoms with Crippen molar-refractivity contribution in [2.75, 3.05) is 19.6 Å². The minimum Gasteiger partial charge on any atom is -0.350 e. The Morgan fingerprint density at radius 3 is 2.52 bits per heavy atom. The van der Waals surface area contributed by atoms with Crippen LogP contribution in [-0.4, -0.2) is 57.8 Å². The number of likely N-dealkylation sites (tertiary alicyclic amines) is 1. The number of carbonyl (C=O) groups excluding carboxylic acids is 3. The average Bonchev–Trinajstić information content (AvgIpc) is 3.19. The first-order chi connectivity index (χ1) is 13.9. The second-order valence-electron chi connectivity index (χ2n) is 8.47. The van der Waals surface area contributed by atoms with E-state index in [0.717, 1.165) is 22.9 Å². The van der Waals surface area contributed by atoms with Crippen molar-refractivity contribution >= 4 is 28.7 Å². The lowest BCUT2D eigenvalue weighted by Crippen LogP contribution is -2.58. The number of urea groups is 1. The predicted molar refractivity (Wildman–Crippen MR) is 111 cm³/mol. The van der Waals surface area contributed by atoms with Gasteiger partial charge in [0.2, 0.25) is 0 Å². The van der Waals surface area contributed by atoms with E-state index in [0.29, 0.717) is 38.2 Å². The Bertz CT molecular complexity index is 970. The largest absolute Gasteiger partial charge is 0.350 e. The zero-order valence-electron chi connectivity index (χ0n) is 17.2. The molecule has 3 heterocycles. The summed E-state index contributed by atoms with van der Waals surface area (Å²) < 4.78 is 0. The summed E-state index contributed by atoms with van der Waals surface area (Å²) in [6.07, 6.45) is 1.69. The van der Waals surface area contributed by atoms with Gasteiger partial charge in [-0.2, -0.15) is 0 Å². The van der Waals surface area contributed by atoms with E-state index in [4.69, 9.17) is 0 Å². The zero-order valence-corrected chi connectivity index (χ0v) is 17.2. The number of nitrogens with one attached hydrogen (secondary N) is 2. The van der Waals surface area contributed by atoms with Crippen molar-refractivity contribution in [3.63, 3.8) is 0 Å². The van der Waals surface area contributed by atoms with Crippen molar-refractivity contribution in [3.05, 3.63) is 35.5 Å². The number of hydrogen-bond donors (Lipinski definition) is 2. The molecule has 2 aliphatic rings. The van der Waals surface area contributed by atoms with Gasteiger partial charge in [-0.15, -0.1) is 0 Å². The van der Waals surface area contributed by atoms with Crippen molar-refractivity contribution in [2.24, 2.45) is 5.92 Å². The maximum Gasteiger partial charge on any atom is 0.325 e. The van der Waals surface area contributed by atoms with E-state index in [-0.39, 0.29) is 23.8 Å². The quantitative estimate of drug-likeness (QED) is 0.779. The molecule has 1 aromatic carbocycles. The third-order valence-electron chi connectivity index (χ3n) is 6.21. The van der Waals surface area contributed by atoms with Crippen molar-refractivity contribution in [1.82, 2.24) is 20.1 Å². The number of amides is 4. The standard InChI is InChI=1S/C22H28N4O3/c1-4-15-16-7-5-6-8-17(16)23-18(15)19(27)25-11-9-22(10-12-25)20(28)24-21(29)26(22)13-14(2)3/h5-8,14,23H,4,9-13H2,1-3H3,(H,24,28,29). The lowest BCUT2D eigenvalue weighted by atomic mass is 9.85. The van der Waals surface area contributed by atoms with Gasteiger partial charge in [-0.1, -0.05) is 39.0 Å². The van der Waals surface area contributed by atoms with Gasteiger partial charge in [0.1, 0.15) is 11.2 Å². The Labute approximate surface area is 170 Å². The first kappa shape index (κ1) is 19.5. The third-order valence-corrected chi connectivity index (χ3v) is 6.21. The first-order valence-corrected chi connectivity index (χ1v) is 10.4. The van der Waals surface area contributed by atoms with E-state index < -0.39 is 5.54 Å². The SMILES string of the molecule is CCc1c(C(=O)N2CCC3(CC2)C(=O)NC(=O)N3CC(C)C)[nH]c2ccccc12. The number of H-pyrrole nitrogens is 1. The molecule has 4 amide bonds. The van der Waals surface area contributed by atoms with Crippen LogP contribution in [-0.2, 0) is 11.2 Å². The molecule has 4 rings (SSSR count). The molecular weight excluding hydrogens is 368 g/mol. The van der Waals surface area contributed by atoms with Crippen LogP contribution in [0.15, 0.2) is 24.3 Å². The zero-order chi connectivity index (χ0) is 20.8. The number of nitrogens with zero attached hydrogens (tertiary/aromatic N) is 2. The summed E-state index contributed by atoms with van der Waals surface area (Å²) >= 11 is 0. The molecule has 2 fully saturated rings. The molecule has 2 saturated heterocycles. The fourth-order valence-corrected chi connectivity index (χ4v) is 4.71. The van der Waals surface area contributed by atoms with Gasteiger partial charge in [-0.25, -0.2) is 4.79 Å². The van der Waals surface area contributed by atoms with E-state index >= 15 is 0 Å². The minimum absolute atomic E-state index is 0.0342. The molecule has 0 aliphatic carbocycles. The van der Waals surface area contributed by atoms with Crippen molar-refractivity contribution in [1.29, 1.82) is 0 Å². The molecule has 0 atom stereocenters. The second-order valence-corrected chi connectivity index (χ2v) is 8.47. The molecule has 0 bridgehead atoms. The van der Waals surface area contributed by atoms with Gasteiger partial charge in [0.25, 0.3) is 11.8 Å². The number of imide groups is 1. The number of aromatic nitrogens is 1. The van der Waals surface area contributed by atoms with Gasteiger partial charge in [-0.3, -0.25) is 14.9 Å². The molecule has 0 unspecified atom stereocenters. The number of para-hydroxylation sites is 1. The van der Waals surface area contributed by atoms with Crippen molar-refractivity contribution in [2.45, 2.75) is 45.6 Å². The predicted octanol–water partition coefficient (Wildman–Crippen LogP) is 2.91. The summed E-state index contributed by atoms with van der Waals surface area (Å²) in [4.78, 5) is 45.0. The van der Waals surface area contributed by atoms with Gasteiger partial charge in [0.05, 0.1) is 0 Å². The van der Waals surface area contributed by atoms with E-state index in [9.17, 15) is 14.4 Å². The number of rotatable bonds is 4. The number of carbonyl (C=O) groups is 3. The molecule has 1 aromatic heterocycles. The highest BCUT2D eigenvalue weighted by molar-refractivity contribution is 6.07. The molecule has 2 N–H and O–H groups in total. The maximum absolute atomic E-state index is 13.3. The minimum atomic E-state index is -0.827. The molecular formula is C22H28N4O3. The van der Waals surface area contributed by atoms with Crippen LogP contribution in [0, 0.1) is 5.92 Å². The van der Waals surface area contributed by atoms with Crippen LogP contribution in [0.5, 0.6) is 0 Å². The summed E-state index contributed by atoms with van der Waals surface area (Å²) in [6.45, 7) is 7.55. The molecule has 1 spiro atoms. The van der Waals surface area contributed by atoms with Crippen LogP contribution in [0.4, 0.5) is 4.79 Å². The van der Waals surface area contributed by atoms with E-state index in [2.05, 4.69) is 17.2 Å². The number of hydrogen-bond acceptors (Lipinski definition) is 3. The van der Waals surface area contributed by atoms with Crippen LogP contribution >= 0.6 is 0 Å². The van der Waals surface area contributed by atoms with Crippen LogP contribution in [0.1, 0.15) is 49.7 Å². The Morgan fingerprint density at radius 2 is 1.86 bits per heavy atom. The lowest BCUT2D eigenvalue weighted by molar-refractivity contribution is -0.129. The summed E-state index contributed by atoms with van der Waals surface area (Å²) in [7, 11) is 0. The smallest absolute Gasteiger partial charge is 0.325 e. The Balaban J connectivity index is 1.56. The van der Waals surface area contributed by atoms with Gasteiger partial charge in [-0.05, 0) is 36.8 Å². The van der Waals surface area contributed by atoms with E-state index in [1.807, 2.05) is 38.1 Å². The van der Waals surface area contributed by atoms with Crippen molar-refractivity contribution < 1.29 is 14.4 Å². The molecule has 2 aromatic rings. The number of aromatic amines is 1. The molecule has 0 radical (unpaired) electrons. The normalized spacial score (nSPS) is 18.9. The summed E-state index contributed by atoms with van der Waals surface area (Å²) in [5.74, 6) is 0.00444. The van der Waals surface area contributed by atoms with Crippen molar-refractivity contribution in [3.8, 4) is 0 Å². The lowest BCUT2D eigenvalue weighted by Gasteiger charge is -2.42. The average molecular weight is 396 g/mol. The van der Waals surface area contributed by atoms with Crippen LogP contribution in [0.25, 0.3) is 10.9 Å². The number of fused-ring (bicyclic) bond motifs is 1. The van der Waals surface area contributed by atoms with Crippen LogP contribution < -0.4 is 5.32 Å². The van der Waals surface area contributed by atoms with Crippen LogP contribution in [0.2, 0.25) is 0 Å². The summed E-state index contributed by atoms with van der Waals surface area (Å²) in [5, 5.41) is 3.56. The molecule has 154 valence electrons. The summed E-state index contributed by atoms with van der Waals surface area (Å²) in [6, 6.07) is 7.63. The third kappa shape index (κ3) is 3.09. The highest BCUT2D eigenvalue weighted by Crippen LogP contribution is 2.35. The first-order valence-electron chi connectivity index (χ1n) is 10.4. The molecule has 29 heavy (non-hydrogen) atoms. The molecule has 7 nitrogen and oxygen atoms in total. The number of aryl methyl sites for hydroxylation is 1. The fourth-order valence-electron chi connectivity index (χ4n) is 4.71. The Hall–Kier alpha value is -2.83. The van der Waals surface area contributed by atoms with Gasteiger partial charge in [0.15, 0.2) is 0 Å². The van der Waals surface area contributed by atoms with E-state index in [1.165, 1.54) is 0 Å². The molecule has 7 heteroatoms. The molecule has 0 saturated carbocycles. The van der Waals surface area contributed by atoms with Crippen LogP contribution in [0.3, 0.4) is 0 Å². The van der Waals surface area contributed by atoms with Gasteiger partial charge < -0.3 is 14.8 Å². The number of benzene rings is 1. The monoisotopic (exact) mass is 396 g/mol. The topological polar surface area (TPSA) is 85.5 Å². The maximum atomic E-state index is 13.3. The van der Waals surface area contributed by atoms with E-state index in [1.54, 1.807) is 9.80 Å².